The maximum Gasteiger partial charge on any atom is 0.433 e. The quantitative estimate of drug-likeness (QED) is 0.353. The highest BCUT2D eigenvalue weighted by Crippen LogP contribution is 2.32. The second-order valence-electron chi connectivity index (χ2n) is 6.24. The van der Waals surface area contributed by atoms with E-state index in [2.05, 4.69) is 4.98 Å². The molecule has 28 heavy (non-hydrogen) atoms. The molecule has 0 aliphatic heterocycles. The molecule has 2 aromatic carbocycles. The molecular formula is C20H15N3O4S. The highest BCUT2D eigenvalue weighted by Gasteiger charge is 2.26. The molecule has 0 saturated carbocycles. The van der Waals surface area contributed by atoms with Crippen LogP contribution in [0.25, 0.3) is 10.2 Å². The number of rotatable bonds is 5. The summed E-state index contributed by atoms with van der Waals surface area (Å²) in [5.74, 6) is -1.05. The zero-order chi connectivity index (χ0) is 19.7. The highest BCUT2D eigenvalue weighted by molar-refractivity contribution is 7.22. The van der Waals surface area contributed by atoms with Crippen molar-refractivity contribution in [1.82, 2.24) is 4.98 Å². The molecule has 4 aromatic rings. The minimum absolute atomic E-state index is 0.0990. The van der Waals surface area contributed by atoms with E-state index in [0.717, 1.165) is 21.3 Å². The van der Waals surface area contributed by atoms with E-state index in [9.17, 15) is 14.9 Å². The largest absolute Gasteiger partial charge is 0.433 e. The molecular weight excluding hydrogens is 378 g/mol. The van der Waals surface area contributed by atoms with Crippen molar-refractivity contribution in [2.24, 2.45) is 0 Å². The third-order valence-corrected chi connectivity index (χ3v) is 5.22. The van der Waals surface area contributed by atoms with E-state index in [1.54, 1.807) is 0 Å². The number of thiazole rings is 1. The molecule has 1 amide bonds. The highest BCUT2D eigenvalue weighted by atomic mass is 32.1. The zero-order valence-electron chi connectivity index (χ0n) is 14.9. The van der Waals surface area contributed by atoms with Crippen molar-refractivity contribution in [1.29, 1.82) is 0 Å². The van der Waals surface area contributed by atoms with Crippen LogP contribution in [0.5, 0.6) is 0 Å². The van der Waals surface area contributed by atoms with Gasteiger partial charge in [0, 0.05) is 0 Å². The predicted octanol–water partition coefficient (Wildman–Crippen LogP) is 4.95. The van der Waals surface area contributed by atoms with E-state index in [1.165, 1.54) is 28.4 Å². The summed E-state index contributed by atoms with van der Waals surface area (Å²) in [6.45, 7) is 2.26. The zero-order valence-corrected chi connectivity index (χ0v) is 15.7. The third kappa shape index (κ3) is 3.49. The maximum absolute atomic E-state index is 13.1. The molecule has 0 fully saturated rings. The fourth-order valence-corrected chi connectivity index (χ4v) is 3.86. The van der Waals surface area contributed by atoms with E-state index < -0.39 is 16.7 Å². The molecule has 0 unspecified atom stereocenters. The SMILES string of the molecule is Cc1ccc2nc(N(Cc3ccccc3)C(=O)c3ccc([N+](=O)[O-])o3)sc2c1. The van der Waals surface area contributed by atoms with E-state index in [0.29, 0.717) is 5.13 Å². The number of carbonyl (C=O) groups is 1. The van der Waals surface area contributed by atoms with Crippen molar-refractivity contribution in [2.45, 2.75) is 13.5 Å². The van der Waals surface area contributed by atoms with E-state index in [1.807, 2.05) is 55.5 Å². The van der Waals surface area contributed by atoms with Crippen molar-refractivity contribution >= 4 is 38.5 Å². The predicted molar refractivity (Wildman–Crippen MR) is 107 cm³/mol. The third-order valence-electron chi connectivity index (χ3n) is 4.17. The summed E-state index contributed by atoms with van der Waals surface area (Å²) in [5.41, 5.74) is 2.81. The van der Waals surface area contributed by atoms with Gasteiger partial charge in [0.1, 0.15) is 4.92 Å². The fraction of sp³-hybridized carbons (Fsp3) is 0.100. The molecule has 0 bridgehead atoms. The smallest absolute Gasteiger partial charge is 0.395 e. The molecule has 0 N–H and O–H groups in total. The van der Waals surface area contributed by atoms with Crippen molar-refractivity contribution in [3.05, 3.63) is 87.7 Å². The lowest BCUT2D eigenvalue weighted by molar-refractivity contribution is -0.402. The summed E-state index contributed by atoms with van der Waals surface area (Å²) in [6.07, 6.45) is 0. The van der Waals surface area contributed by atoms with Crippen LogP contribution in [0.4, 0.5) is 11.0 Å². The van der Waals surface area contributed by atoms with Crippen LogP contribution in [0.1, 0.15) is 21.7 Å². The number of hydrogen-bond donors (Lipinski definition) is 0. The summed E-state index contributed by atoms with van der Waals surface area (Å²) in [4.78, 5) is 29.4. The van der Waals surface area contributed by atoms with Crippen LogP contribution in [0, 0.1) is 17.0 Å². The summed E-state index contributed by atoms with van der Waals surface area (Å²) in [7, 11) is 0. The number of fused-ring (bicyclic) bond motifs is 1. The van der Waals surface area contributed by atoms with E-state index >= 15 is 0 Å². The van der Waals surface area contributed by atoms with Crippen LogP contribution in [-0.4, -0.2) is 15.8 Å². The molecule has 8 heteroatoms. The van der Waals surface area contributed by atoms with Crippen LogP contribution in [-0.2, 0) is 6.54 Å². The fourth-order valence-electron chi connectivity index (χ4n) is 2.80. The number of aromatic nitrogens is 1. The Morgan fingerprint density at radius 2 is 1.96 bits per heavy atom. The van der Waals surface area contributed by atoms with Gasteiger partial charge in [0.05, 0.1) is 22.8 Å². The Bertz CT molecular complexity index is 1170. The van der Waals surface area contributed by atoms with Crippen LogP contribution in [0.3, 0.4) is 0 Å². The molecule has 0 radical (unpaired) electrons. The summed E-state index contributed by atoms with van der Waals surface area (Å²) < 4.78 is 6.09. The number of furan rings is 1. The Morgan fingerprint density at radius 3 is 2.68 bits per heavy atom. The summed E-state index contributed by atoms with van der Waals surface area (Å²) in [5, 5.41) is 11.4. The van der Waals surface area contributed by atoms with Crippen LogP contribution < -0.4 is 4.90 Å². The minimum Gasteiger partial charge on any atom is -0.395 e. The number of benzene rings is 2. The first-order valence-electron chi connectivity index (χ1n) is 8.48. The first-order valence-corrected chi connectivity index (χ1v) is 9.30. The monoisotopic (exact) mass is 393 g/mol. The lowest BCUT2D eigenvalue weighted by atomic mass is 10.2. The number of carbonyl (C=O) groups excluding carboxylic acids is 1. The normalized spacial score (nSPS) is 10.9. The molecule has 0 saturated heterocycles. The second kappa shape index (κ2) is 7.24. The molecule has 0 atom stereocenters. The van der Waals surface area contributed by atoms with Crippen molar-refractivity contribution in [3.8, 4) is 0 Å². The van der Waals surface area contributed by atoms with Gasteiger partial charge in [-0.25, -0.2) is 4.98 Å². The van der Waals surface area contributed by atoms with Gasteiger partial charge in [-0.3, -0.25) is 19.8 Å². The Balaban J connectivity index is 1.75. The number of nitro groups is 1. The topological polar surface area (TPSA) is 89.5 Å². The molecule has 140 valence electrons. The van der Waals surface area contributed by atoms with Gasteiger partial charge in [-0.2, -0.15) is 0 Å². The molecule has 0 aliphatic carbocycles. The first-order chi connectivity index (χ1) is 13.5. The number of anilines is 1. The molecule has 4 rings (SSSR count). The molecule has 7 nitrogen and oxygen atoms in total. The average molecular weight is 393 g/mol. The van der Waals surface area contributed by atoms with Gasteiger partial charge in [-0.15, -0.1) is 0 Å². The Labute approximate surface area is 164 Å². The van der Waals surface area contributed by atoms with Crippen molar-refractivity contribution < 1.29 is 14.1 Å². The van der Waals surface area contributed by atoms with Gasteiger partial charge < -0.3 is 4.42 Å². The number of nitrogens with zero attached hydrogens (tertiary/aromatic N) is 3. The van der Waals surface area contributed by atoms with Gasteiger partial charge in [0.15, 0.2) is 10.9 Å². The van der Waals surface area contributed by atoms with Crippen molar-refractivity contribution in [2.75, 3.05) is 4.90 Å². The summed E-state index contributed by atoms with van der Waals surface area (Å²) >= 11 is 1.39. The Hall–Kier alpha value is -3.52. The second-order valence-corrected chi connectivity index (χ2v) is 7.25. The Kier molecular flexibility index (Phi) is 4.62. The minimum atomic E-state index is -0.668. The van der Waals surface area contributed by atoms with Gasteiger partial charge in [-0.1, -0.05) is 47.7 Å². The van der Waals surface area contributed by atoms with E-state index in [-0.39, 0.29) is 12.3 Å². The van der Waals surface area contributed by atoms with Gasteiger partial charge in [-0.05, 0) is 36.2 Å². The van der Waals surface area contributed by atoms with Crippen LogP contribution >= 0.6 is 11.3 Å². The Morgan fingerprint density at radius 1 is 1.18 bits per heavy atom. The molecule has 0 aliphatic rings. The first kappa shape index (κ1) is 17.9. The number of amides is 1. The maximum atomic E-state index is 13.1. The molecule has 2 heterocycles. The lowest BCUT2D eigenvalue weighted by Crippen LogP contribution is -2.30. The summed E-state index contributed by atoms with van der Waals surface area (Å²) in [6, 6.07) is 17.9. The lowest BCUT2D eigenvalue weighted by Gasteiger charge is -2.18. The van der Waals surface area contributed by atoms with Crippen molar-refractivity contribution in [3.63, 3.8) is 0 Å². The van der Waals surface area contributed by atoms with Gasteiger partial charge in [0.2, 0.25) is 0 Å². The van der Waals surface area contributed by atoms with Gasteiger partial charge >= 0.3 is 5.88 Å². The van der Waals surface area contributed by atoms with Crippen LogP contribution in [0.15, 0.2) is 65.1 Å². The van der Waals surface area contributed by atoms with E-state index in [4.69, 9.17) is 4.42 Å². The van der Waals surface area contributed by atoms with Gasteiger partial charge in [0.25, 0.3) is 5.91 Å². The van der Waals surface area contributed by atoms with Crippen LogP contribution in [0.2, 0.25) is 0 Å². The molecule has 2 aromatic heterocycles. The number of aryl methyl sites for hydroxylation is 1. The standard InChI is InChI=1S/C20H15N3O4S/c1-13-7-8-15-17(11-13)28-20(21-15)22(12-14-5-3-2-4-6-14)19(24)16-9-10-18(27-16)23(25)26/h2-11H,12H2,1H3. The number of hydrogen-bond acceptors (Lipinski definition) is 6. The molecule has 0 spiro atoms. The average Bonchev–Trinajstić information content (AvgIpc) is 3.33.